The Kier molecular flexibility index (Phi) is 3.36. The fourth-order valence-electron chi connectivity index (χ4n) is 2.53. The van der Waals surface area contributed by atoms with Crippen LogP contribution < -0.4 is 5.73 Å². The highest BCUT2D eigenvalue weighted by Crippen LogP contribution is 2.36. The van der Waals surface area contributed by atoms with E-state index in [0.29, 0.717) is 0 Å². The second-order valence-corrected chi connectivity index (χ2v) is 4.63. The van der Waals surface area contributed by atoms with Crippen molar-refractivity contribution < 1.29 is 4.52 Å². The molecule has 1 aliphatic carbocycles. The van der Waals surface area contributed by atoms with E-state index in [1.54, 1.807) is 0 Å². The lowest BCUT2D eigenvalue weighted by Crippen LogP contribution is -2.32. The first-order valence-corrected chi connectivity index (χ1v) is 5.80. The molecule has 84 valence electrons. The zero-order chi connectivity index (χ0) is 10.6. The molecule has 4 heteroatoms. The van der Waals surface area contributed by atoms with Gasteiger partial charge in [0.05, 0.1) is 0 Å². The summed E-state index contributed by atoms with van der Waals surface area (Å²) in [5, 5.41) is 3.65. The first-order valence-electron chi connectivity index (χ1n) is 5.80. The average Bonchev–Trinajstić information content (AvgIpc) is 2.64. The summed E-state index contributed by atoms with van der Waals surface area (Å²) in [5.41, 5.74) is 6.15. The van der Waals surface area contributed by atoms with E-state index >= 15 is 0 Å². The number of nitrogens with two attached hydrogens (primary N) is 1. The van der Waals surface area contributed by atoms with Crippen LogP contribution in [-0.2, 0) is 6.42 Å². The monoisotopic (exact) mass is 209 g/mol. The topological polar surface area (TPSA) is 64.9 Å². The molecule has 4 nitrogen and oxygen atoms in total. The Morgan fingerprint density at radius 3 is 2.53 bits per heavy atom. The molecule has 1 aromatic rings. The summed E-state index contributed by atoms with van der Waals surface area (Å²) in [6.07, 6.45) is 9.96. The molecule has 2 rings (SSSR count). The molecule has 0 spiro atoms. The van der Waals surface area contributed by atoms with Gasteiger partial charge < -0.3 is 10.3 Å². The van der Waals surface area contributed by atoms with E-state index in [0.717, 1.165) is 18.9 Å². The van der Waals surface area contributed by atoms with E-state index in [4.69, 9.17) is 10.3 Å². The van der Waals surface area contributed by atoms with Crippen molar-refractivity contribution in [2.75, 3.05) is 6.54 Å². The van der Waals surface area contributed by atoms with Crippen LogP contribution in [-0.4, -0.2) is 16.7 Å². The highest BCUT2D eigenvalue weighted by atomic mass is 16.5. The van der Waals surface area contributed by atoms with Gasteiger partial charge in [-0.15, -0.1) is 0 Å². The van der Waals surface area contributed by atoms with Gasteiger partial charge in [0.25, 0.3) is 0 Å². The summed E-state index contributed by atoms with van der Waals surface area (Å²) in [6.45, 7) is 0.732. The maximum Gasteiger partial charge on any atom is 0.226 e. The van der Waals surface area contributed by atoms with Crippen LogP contribution in [0.1, 0.15) is 44.4 Å². The van der Waals surface area contributed by atoms with Crippen molar-refractivity contribution in [1.29, 1.82) is 0 Å². The smallest absolute Gasteiger partial charge is 0.226 e. The molecular formula is C11H19N3O. The van der Waals surface area contributed by atoms with Gasteiger partial charge in [0.2, 0.25) is 5.89 Å². The van der Waals surface area contributed by atoms with Gasteiger partial charge in [0.1, 0.15) is 0 Å². The minimum atomic E-state index is 0.211. The third kappa shape index (κ3) is 2.56. The third-order valence-electron chi connectivity index (χ3n) is 3.53. The molecule has 1 saturated carbocycles. The maximum atomic E-state index is 5.93. The molecule has 0 radical (unpaired) electrons. The maximum absolute atomic E-state index is 5.93. The Labute approximate surface area is 90.2 Å². The predicted octanol–water partition coefficient (Wildman–Crippen LogP) is 1.91. The molecule has 0 amide bonds. The normalized spacial score (nSPS) is 21.1. The average molecular weight is 209 g/mol. The highest BCUT2D eigenvalue weighted by Gasteiger charge is 2.31. The lowest BCUT2D eigenvalue weighted by Gasteiger charge is -2.29. The van der Waals surface area contributed by atoms with Gasteiger partial charge in [-0.05, 0) is 24.8 Å². The van der Waals surface area contributed by atoms with Gasteiger partial charge in [-0.2, -0.15) is 4.98 Å². The predicted molar refractivity (Wildman–Crippen MR) is 57.2 cm³/mol. The van der Waals surface area contributed by atoms with Crippen molar-refractivity contribution in [3.8, 4) is 0 Å². The Hall–Kier alpha value is -0.900. The first kappa shape index (κ1) is 10.6. The van der Waals surface area contributed by atoms with E-state index < -0.39 is 0 Å². The zero-order valence-electron chi connectivity index (χ0n) is 9.11. The fraction of sp³-hybridized carbons (Fsp3) is 0.818. The van der Waals surface area contributed by atoms with E-state index in [1.807, 2.05) is 0 Å². The summed E-state index contributed by atoms with van der Waals surface area (Å²) in [4.78, 5) is 4.10. The van der Waals surface area contributed by atoms with Crippen molar-refractivity contribution in [2.24, 2.45) is 11.1 Å². The molecule has 1 fully saturated rings. The van der Waals surface area contributed by atoms with Gasteiger partial charge in [-0.3, -0.25) is 0 Å². The summed E-state index contributed by atoms with van der Waals surface area (Å²) in [7, 11) is 0. The van der Waals surface area contributed by atoms with Crippen LogP contribution >= 0.6 is 0 Å². The SMILES string of the molecule is NCC1(Cc2ncno2)CCCCCC1. The van der Waals surface area contributed by atoms with Crippen LogP contribution in [0, 0.1) is 5.41 Å². The van der Waals surface area contributed by atoms with Gasteiger partial charge in [0, 0.05) is 6.42 Å². The van der Waals surface area contributed by atoms with E-state index in [9.17, 15) is 0 Å². The number of aromatic nitrogens is 2. The molecule has 0 saturated heterocycles. The van der Waals surface area contributed by atoms with Gasteiger partial charge in [-0.25, -0.2) is 0 Å². The highest BCUT2D eigenvalue weighted by molar-refractivity contribution is 4.91. The Bertz CT molecular complexity index is 276. The molecule has 1 aromatic heterocycles. The number of rotatable bonds is 3. The quantitative estimate of drug-likeness (QED) is 0.772. The molecule has 0 unspecified atom stereocenters. The Balaban J connectivity index is 2.05. The molecule has 1 aliphatic rings. The zero-order valence-corrected chi connectivity index (χ0v) is 9.11. The number of hydrogen-bond acceptors (Lipinski definition) is 4. The number of hydrogen-bond donors (Lipinski definition) is 1. The standard InChI is InChI=1S/C11H19N3O/c12-8-11(5-3-1-2-4-6-11)7-10-13-9-14-15-10/h9H,1-8,12H2. The summed E-state index contributed by atoms with van der Waals surface area (Å²) >= 11 is 0. The summed E-state index contributed by atoms with van der Waals surface area (Å²) < 4.78 is 5.09. The minimum absolute atomic E-state index is 0.211. The Morgan fingerprint density at radius 1 is 1.27 bits per heavy atom. The van der Waals surface area contributed by atoms with E-state index in [1.165, 1.54) is 44.9 Å². The van der Waals surface area contributed by atoms with E-state index in [2.05, 4.69) is 10.1 Å². The molecular weight excluding hydrogens is 190 g/mol. The Morgan fingerprint density at radius 2 is 2.00 bits per heavy atom. The largest absolute Gasteiger partial charge is 0.340 e. The fourth-order valence-corrected chi connectivity index (χ4v) is 2.53. The van der Waals surface area contributed by atoms with Crippen molar-refractivity contribution in [1.82, 2.24) is 10.1 Å². The second-order valence-electron chi connectivity index (χ2n) is 4.63. The molecule has 0 bridgehead atoms. The summed E-state index contributed by atoms with van der Waals surface area (Å²) in [6, 6.07) is 0. The molecule has 1 heterocycles. The van der Waals surface area contributed by atoms with Gasteiger partial charge in [0.15, 0.2) is 6.33 Å². The molecule has 2 N–H and O–H groups in total. The molecule has 0 aromatic carbocycles. The second kappa shape index (κ2) is 4.75. The molecule has 0 aliphatic heterocycles. The van der Waals surface area contributed by atoms with Crippen molar-refractivity contribution in [3.05, 3.63) is 12.2 Å². The lowest BCUT2D eigenvalue weighted by atomic mass is 9.77. The van der Waals surface area contributed by atoms with Crippen molar-refractivity contribution in [3.63, 3.8) is 0 Å². The van der Waals surface area contributed by atoms with Gasteiger partial charge >= 0.3 is 0 Å². The van der Waals surface area contributed by atoms with Crippen LogP contribution in [0.2, 0.25) is 0 Å². The lowest BCUT2D eigenvalue weighted by molar-refractivity contribution is 0.221. The number of nitrogens with zero attached hydrogens (tertiary/aromatic N) is 2. The summed E-state index contributed by atoms with van der Waals surface area (Å²) in [5.74, 6) is 0.738. The van der Waals surface area contributed by atoms with Crippen LogP contribution in [0.25, 0.3) is 0 Å². The van der Waals surface area contributed by atoms with Crippen LogP contribution in [0.3, 0.4) is 0 Å². The first-order chi connectivity index (χ1) is 7.35. The van der Waals surface area contributed by atoms with Crippen molar-refractivity contribution in [2.45, 2.75) is 44.9 Å². The molecule has 15 heavy (non-hydrogen) atoms. The van der Waals surface area contributed by atoms with Crippen LogP contribution in [0.4, 0.5) is 0 Å². The van der Waals surface area contributed by atoms with Crippen LogP contribution in [0.15, 0.2) is 10.9 Å². The van der Waals surface area contributed by atoms with E-state index in [-0.39, 0.29) is 5.41 Å². The van der Waals surface area contributed by atoms with Gasteiger partial charge in [-0.1, -0.05) is 30.8 Å². The third-order valence-corrected chi connectivity index (χ3v) is 3.53. The minimum Gasteiger partial charge on any atom is -0.340 e. The molecule has 0 atom stereocenters. The van der Waals surface area contributed by atoms with Crippen LogP contribution in [0.5, 0.6) is 0 Å². The van der Waals surface area contributed by atoms with Crippen molar-refractivity contribution >= 4 is 0 Å².